The summed E-state index contributed by atoms with van der Waals surface area (Å²) in [6.07, 6.45) is 1.13. The zero-order valence-electron chi connectivity index (χ0n) is 11.3. The Morgan fingerprint density at radius 3 is 2.56 bits per heavy atom. The van der Waals surface area contributed by atoms with Crippen LogP contribution in [0.3, 0.4) is 0 Å². The Morgan fingerprint density at radius 2 is 1.94 bits per heavy atom. The summed E-state index contributed by atoms with van der Waals surface area (Å²) in [5.74, 6) is 0. The number of benzene rings is 1. The molecule has 0 aromatic heterocycles. The molecule has 2 nitrogen and oxygen atoms in total. The van der Waals surface area contributed by atoms with Crippen LogP contribution in [0.15, 0.2) is 22.7 Å². The van der Waals surface area contributed by atoms with Gasteiger partial charge in [-0.3, -0.25) is 0 Å². The third-order valence-corrected chi connectivity index (χ3v) is 3.49. The van der Waals surface area contributed by atoms with Crippen molar-refractivity contribution in [2.75, 3.05) is 13.1 Å². The maximum atomic E-state index is 5.90. The van der Waals surface area contributed by atoms with Gasteiger partial charge in [0.25, 0.3) is 0 Å². The molecule has 0 saturated carbocycles. The Labute approximate surface area is 124 Å². The minimum absolute atomic E-state index is 0.208. The number of rotatable bonds is 6. The third-order valence-electron chi connectivity index (χ3n) is 2.52. The fourth-order valence-electron chi connectivity index (χ4n) is 1.56. The molecule has 0 saturated heterocycles. The molecule has 1 aromatic carbocycles. The first kappa shape index (κ1) is 16.0. The maximum absolute atomic E-state index is 5.90. The van der Waals surface area contributed by atoms with Crippen molar-refractivity contribution in [3.8, 4) is 0 Å². The van der Waals surface area contributed by atoms with E-state index in [4.69, 9.17) is 11.6 Å². The van der Waals surface area contributed by atoms with Gasteiger partial charge in [-0.1, -0.05) is 33.6 Å². The lowest BCUT2D eigenvalue weighted by atomic mass is 10.1. The molecular weight excluding hydrogens is 312 g/mol. The molecule has 2 N–H and O–H groups in total. The highest BCUT2D eigenvalue weighted by atomic mass is 79.9. The van der Waals surface area contributed by atoms with Gasteiger partial charge in [0.1, 0.15) is 0 Å². The Bertz CT molecular complexity index is 375. The zero-order valence-corrected chi connectivity index (χ0v) is 13.7. The maximum Gasteiger partial charge on any atom is 0.0417 e. The molecule has 0 aliphatic heterocycles. The fourth-order valence-corrected chi connectivity index (χ4v) is 2.39. The van der Waals surface area contributed by atoms with Crippen LogP contribution >= 0.6 is 27.5 Å². The predicted octanol–water partition coefficient (Wildman–Crippen LogP) is 3.97. The molecule has 18 heavy (non-hydrogen) atoms. The second kappa shape index (κ2) is 7.49. The van der Waals surface area contributed by atoms with Gasteiger partial charge in [0.2, 0.25) is 0 Å². The molecule has 1 rings (SSSR count). The van der Waals surface area contributed by atoms with E-state index in [1.807, 2.05) is 18.2 Å². The molecule has 0 unspecified atom stereocenters. The molecule has 0 atom stereocenters. The van der Waals surface area contributed by atoms with Crippen LogP contribution in [0.1, 0.15) is 32.8 Å². The van der Waals surface area contributed by atoms with Crippen LogP contribution in [-0.4, -0.2) is 18.6 Å². The first-order valence-corrected chi connectivity index (χ1v) is 7.45. The minimum atomic E-state index is 0.208. The lowest BCUT2D eigenvalue weighted by Crippen LogP contribution is -2.37. The van der Waals surface area contributed by atoms with Gasteiger partial charge in [0, 0.05) is 21.6 Å². The molecule has 0 heterocycles. The summed E-state index contributed by atoms with van der Waals surface area (Å²) < 4.78 is 1.07. The van der Waals surface area contributed by atoms with Crippen LogP contribution < -0.4 is 10.6 Å². The number of hydrogen-bond acceptors (Lipinski definition) is 2. The standard InChI is InChI=1S/C14H22BrClN2/c1-14(2,3)18-8-4-7-17-10-11-5-6-12(16)9-13(11)15/h5-6,9,17-18H,4,7-8,10H2,1-3H3. The first-order valence-electron chi connectivity index (χ1n) is 6.28. The van der Waals surface area contributed by atoms with Gasteiger partial charge in [-0.05, 0) is 58.0 Å². The molecule has 0 spiro atoms. The van der Waals surface area contributed by atoms with Gasteiger partial charge < -0.3 is 10.6 Å². The van der Waals surface area contributed by atoms with Crippen LogP contribution in [0, 0.1) is 0 Å². The number of nitrogens with one attached hydrogen (secondary N) is 2. The van der Waals surface area contributed by atoms with Crippen molar-refractivity contribution >= 4 is 27.5 Å². The summed E-state index contributed by atoms with van der Waals surface area (Å²) >= 11 is 9.42. The molecule has 0 radical (unpaired) electrons. The molecule has 0 bridgehead atoms. The van der Waals surface area contributed by atoms with Crippen LogP contribution in [0.4, 0.5) is 0 Å². The van der Waals surface area contributed by atoms with E-state index in [0.29, 0.717) is 0 Å². The highest BCUT2D eigenvalue weighted by Gasteiger charge is 2.06. The van der Waals surface area contributed by atoms with E-state index in [1.165, 1.54) is 5.56 Å². The van der Waals surface area contributed by atoms with Crippen LogP contribution in [-0.2, 0) is 6.54 Å². The Hall–Kier alpha value is -0.0900. The van der Waals surface area contributed by atoms with Gasteiger partial charge in [0.15, 0.2) is 0 Å². The molecule has 102 valence electrons. The van der Waals surface area contributed by atoms with Crippen LogP contribution in [0.5, 0.6) is 0 Å². The van der Waals surface area contributed by atoms with E-state index in [9.17, 15) is 0 Å². The van der Waals surface area contributed by atoms with Crippen LogP contribution in [0.25, 0.3) is 0 Å². The summed E-state index contributed by atoms with van der Waals surface area (Å²) in [6.45, 7) is 9.48. The molecular formula is C14H22BrClN2. The Morgan fingerprint density at radius 1 is 1.22 bits per heavy atom. The van der Waals surface area contributed by atoms with Crippen molar-refractivity contribution in [1.82, 2.24) is 10.6 Å². The van der Waals surface area contributed by atoms with Crippen molar-refractivity contribution in [2.24, 2.45) is 0 Å². The monoisotopic (exact) mass is 332 g/mol. The summed E-state index contributed by atoms with van der Waals surface area (Å²) in [6, 6.07) is 5.90. The number of halogens is 2. The van der Waals surface area contributed by atoms with Crippen molar-refractivity contribution in [3.05, 3.63) is 33.3 Å². The summed E-state index contributed by atoms with van der Waals surface area (Å²) in [7, 11) is 0. The van der Waals surface area contributed by atoms with E-state index in [0.717, 1.165) is 35.6 Å². The van der Waals surface area contributed by atoms with Crippen molar-refractivity contribution in [3.63, 3.8) is 0 Å². The van der Waals surface area contributed by atoms with Crippen molar-refractivity contribution in [2.45, 2.75) is 39.3 Å². The largest absolute Gasteiger partial charge is 0.313 e. The fraction of sp³-hybridized carbons (Fsp3) is 0.571. The van der Waals surface area contributed by atoms with Gasteiger partial charge in [-0.15, -0.1) is 0 Å². The molecule has 0 aliphatic carbocycles. The minimum Gasteiger partial charge on any atom is -0.313 e. The van der Waals surface area contributed by atoms with E-state index in [2.05, 4.69) is 47.3 Å². The second-order valence-electron chi connectivity index (χ2n) is 5.44. The molecule has 0 amide bonds. The quantitative estimate of drug-likeness (QED) is 0.770. The van der Waals surface area contributed by atoms with E-state index in [1.54, 1.807) is 0 Å². The average Bonchev–Trinajstić information content (AvgIpc) is 2.24. The van der Waals surface area contributed by atoms with Gasteiger partial charge in [0.05, 0.1) is 0 Å². The highest BCUT2D eigenvalue weighted by Crippen LogP contribution is 2.21. The van der Waals surface area contributed by atoms with Crippen molar-refractivity contribution < 1.29 is 0 Å². The van der Waals surface area contributed by atoms with E-state index < -0.39 is 0 Å². The number of hydrogen-bond donors (Lipinski definition) is 2. The average molecular weight is 334 g/mol. The summed E-state index contributed by atoms with van der Waals surface area (Å²) in [5.41, 5.74) is 1.45. The predicted molar refractivity (Wildman–Crippen MR) is 83.2 cm³/mol. The van der Waals surface area contributed by atoms with Crippen molar-refractivity contribution in [1.29, 1.82) is 0 Å². The smallest absolute Gasteiger partial charge is 0.0417 e. The molecule has 1 aromatic rings. The molecule has 4 heteroatoms. The Balaban J connectivity index is 2.18. The van der Waals surface area contributed by atoms with Gasteiger partial charge in [-0.2, -0.15) is 0 Å². The van der Waals surface area contributed by atoms with E-state index in [-0.39, 0.29) is 5.54 Å². The molecule has 0 fully saturated rings. The summed E-state index contributed by atoms with van der Waals surface area (Å²) in [5, 5.41) is 7.67. The molecule has 0 aliphatic rings. The van der Waals surface area contributed by atoms with Gasteiger partial charge >= 0.3 is 0 Å². The Kier molecular flexibility index (Phi) is 6.64. The topological polar surface area (TPSA) is 24.1 Å². The van der Waals surface area contributed by atoms with Gasteiger partial charge in [-0.25, -0.2) is 0 Å². The normalized spacial score (nSPS) is 11.8. The second-order valence-corrected chi connectivity index (χ2v) is 6.73. The summed E-state index contributed by atoms with van der Waals surface area (Å²) in [4.78, 5) is 0. The zero-order chi connectivity index (χ0) is 13.6. The van der Waals surface area contributed by atoms with E-state index >= 15 is 0 Å². The first-order chi connectivity index (χ1) is 8.38. The SMILES string of the molecule is CC(C)(C)NCCCNCc1ccc(Cl)cc1Br. The lowest BCUT2D eigenvalue weighted by molar-refractivity contribution is 0.418. The van der Waals surface area contributed by atoms with Crippen LogP contribution in [0.2, 0.25) is 5.02 Å². The highest BCUT2D eigenvalue weighted by molar-refractivity contribution is 9.10. The third kappa shape index (κ3) is 6.74. The lowest BCUT2D eigenvalue weighted by Gasteiger charge is -2.20.